The summed E-state index contributed by atoms with van der Waals surface area (Å²) in [5.41, 5.74) is 0.378. The molecule has 0 saturated heterocycles. The fourth-order valence-corrected chi connectivity index (χ4v) is 1.46. The molecule has 20 heavy (non-hydrogen) atoms. The minimum Gasteiger partial charge on any atom is -0.463 e. The van der Waals surface area contributed by atoms with Crippen LogP contribution in [0.15, 0.2) is 17.3 Å². The van der Waals surface area contributed by atoms with Gasteiger partial charge in [0.1, 0.15) is 6.10 Å². The number of nitrogens with zero attached hydrogens (tertiary/aromatic N) is 1. The molecule has 0 saturated carbocycles. The summed E-state index contributed by atoms with van der Waals surface area (Å²) in [5.74, 6) is -1.35. The highest BCUT2D eigenvalue weighted by molar-refractivity contribution is 5.89. The molecule has 0 aromatic rings. The molecule has 0 aliphatic heterocycles. The van der Waals surface area contributed by atoms with Crippen LogP contribution >= 0.6 is 0 Å². The van der Waals surface area contributed by atoms with Crippen LogP contribution in [-0.2, 0) is 19.2 Å². The van der Waals surface area contributed by atoms with E-state index in [2.05, 4.69) is 9.99 Å². The van der Waals surface area contributed by atoms with Crippen molar-refractivity contribution < 1.29 is 24.3 Å². The molecule has 6 heteroatoms. The Hall–Kier alpha value is -1.69. The first-order chi connectivity index (χ1) is 9.42. The summed E-state index contributed by atoms with van der Waals surface area (Å²) in [7, 11) is 0. The van der Waals surface area contributed by atoms with E-state index in [1.807, 2.05) is 6.92 Å². The van der Waals surface area contributed by atoms with Crippen LogP contribution in [0.4, 0.5) is 0 Å². The van der Waals surface area contributed by atoms with Gasteiger partial charge >= 0.3 is 11.9 Å². The maximum absolute atomic E-state index is 11.2. The van der Waals surface area contributed by atoms with Crippen LogP contribution in [0.25, 0.3) is 0 Å². The highest BCUT2D eigenvalue weighted by atomic mass is 16.7. The van der Waals surface area contributed by atoms with Crippen LogP contribution in [-0.4, -0.2) is 35.5 Å². The van der Waals surface area contributed by atoms with E-state index in [9.17, 15) is 14.7 Å². The van der Waals surface area contributed by atoms with Gasteiger partial charge in [-0.05, 0) is 13.3 Å². The zero-order chi connectivity index (χ0) is 15.5. The molecule has 1 N–H and O–H groups in total. The summed E-state index contributed by atoms with van der Waals surface area (Å²) >= 11 is 0. The van der Waals surface area contributed by atoms with Crippen molar-refractivity contribution in [3.63, 3.8) is 0 Å². The molecule has 0 aromatic carbocycles. The molecule has 0 bridgehead atoms. The zero-order valence-corrected chi connectivity index (χ0v) is 12.5. The van der Waals surface area contributed by atoms with E-state index in [-0.39, 0.29) is 5.92 Å². The summed E-state index contributed by atoms with van der Waals surface area (Å²) in [6, 6.07) is 0. The average molecular weight is 285 g/mol. The number of rotatable bonds is 8. The van der Waals surface area contributed by atoms with Crippen molar-refractivity contribution in [2.45, 2.75) is 46.6 Å². The van der Waals surface area contributed by atoms with E-state index in [0.717, 1.165) is 6.42 Å². The Bertz CT molecular complexity index is 376. The first kappa shape index (κ1) is 18.3. The monoisotopic (exact) mass is 285 g/mol. The number of hydrogen-bond acceptors (Lipinski definition) is 6. The quantitative estimate of drug-likeness (QED) is 0.242. The number of aliphatic hydroxyl groups is 1. The van der Waals surface area contributed by atoms with Crippen LogP contribution in [0.5, 0.6) is 0 Å². The lowest BCUT2D eigenvalue weighted by molar-refractivity contribution is -0.141. The standard InChI is InChI=1S/C14H23NO5/c1-5-7-12(15-20-11(4)16)14(18)10(3)8-9-13(17)19-6-2/h8-10,14,18H,5-7H2,1-4H3/b9-8+,15-12+/t10-,14-/m1/s1. The van der Waals surface area contributed by atoms with Crippen LogP contribution in [0.3, 0.4) is 0 Å². The fourth-order valence-electron chi connectivity index (χ4n) is 1.46. The largest absolute Gasteiger partial charge is 0.463 e. The zero-order valence-electron chi connectivity index (χ0n) is 12.5. The van der Waals surface area contributed by atoms with Gasteiger partial charge < -0.3 is 14.7 Å². The molecule has 0 heterocycles. The smallest absolute Gasteiger partial charge is 0.331 e. The Morgan fingerprint density at radius 1 is 1.35 bits per heavy atom. The van der Waals surface area contributed by atoms with Gasteiger partial charge in [0.2, 0.25) is 0 Å². The number of carbonyl (C=O) groups is 2. The first-order valence-corrected chi connectivity index (χ1v) is 6.69. The van der Waals surface area contributed by atoms with E-state index in [0.29, 0.717) is 18.7 Å². The second-order valence-corrected chi connectivity index (χ2v) is 4.33. The van der Waals surface area contributed by atoms with Gasteiger partial charge in [-0.2, -0.15) is 0 Å². The van der Waals surface area contributed by atoms with Crippen LogP contribution < -0.4 is 0 Å². The second kappa shape index (κ2) is 10.1. The summed E-state index contributed by atoms with van der Waals surface area (Å²) in [4.78, 5) is 26.5. The van der Waals surface area contributed by atoms with Gasteiger partial charge in [0.05, 0.1) is 12.3 Å². The number of oxime groups is 1. The predicted octanol–water partition coefficient (Wildman–Crippen LogP) is 1.82. The lowest BCUT2D eigenvalue weighted by atomic mass is 9.97. The lowest BCUT2D eigenvalue weighted by Crippen LogP contribution is -2.27. The third-order valence-corrected chi connectivity index (χ3v) is 2.46. The van der Waals surface area contributed by atoms with Crippen molar-refractivity contribution in [2.24, 2.45) is 11.1 Å². The van der Waals surface area contributed by atoms with Crippen molar-refractivity contribution in [1.82, 2.24) is 0 Å². The molecule has 0 spiro atoms. The molecule has 0 amide bonds. The third-order valence-electron chi connectivity index (χ3n) is 2.46. The number of esters is 1. The Morgan fingerprint density at radius 3 is 2.50 bits per heavy atom. The summed E-state index contributed by atoms with van der Waals surface area (Å²) in [6.07, 6.45) is 3.16. The summed E-state index contributed by atoms with van der Waals surface area (Å²) < 4.78 is 4.75. The topological polar surface area (TPSA) is 85.2 Å². The first-order valence-electron chi connectivity index (χ1n) is 6.69. The predicted molar refractivity (Wildman–Crippen MR) is 75.1 cm³/mol. The van der Waals surface area contributed by atoms with Crippen molar-refractivity contribution in [3.05, 3.63) is 12.2 Å². The maximum Gasteiger partial charge on any atom is 0.331 e. The van der Waals surface area contributed by atoms with Gasteiger partial charge in [-0.1, -0.05) is 31.5 Å². The lowest BCUT2D eigenvalue weighted by Gasteiger charge is -2.16. The van der Waals surface area contributed by atoms with Crippen molar-refractivity contribution in [2.75, 3.05) is 6.61 Å². The third kappa shape index (κ3) is 7.68. The number of aliphatic hydroxyl groups excluding tert-OH is 1. The van der Waals surface area contributed by atoms with Gasteiger partial charge in [-0.15, -0.1) is 0 Å². The van der Waals surface area contributed by atoms with E-state index in [1.54, 1.807) is 19.9 Å². The molecular weight excluding hydrogens is 262 g/mol. The van der Waals surface area contributed by atoms with Crippen molar-refractivity contribution in [3.8, 4) is 0 Å². The van der Waals surface area contributed by atoms with E-state index >= 15 is 0 Å². The second-order valence-electron chi connectivity index (χ2n) is 4.33. The molecular formula is C14H23NO5. The maximum atomic E-state index is 11.2. The summed E-state index contributed by atoms with van der Waals surface area (Å²) in [5, 5.41) is 13.8. The molecule has 0 radical (unpaired) electrons. The van der Waals surface area contributed by atoms with Gasteiger partial charge in [0.15, 0.2) is 0 Å². The molecule has 0 rings (SSSR count). The molecule has 2 atom stereocenters. The fraction of sp³-hybridized carbons (Fsp3) is 0.643. The molecule has 0 aliphatic rings. The molecule has 0 aliphatic carbocycles. The number of ether oxygens (including phenoxy) is 1. The average Bonchev–Trinajstić information content (AvgIpc) is 2.40. The van der Waals surface area contributed by atoms with Gasteiger partial charge in [0, 0.05) is 18.9 Å². The Morgan fingerprint density at radius 2 is 2.00 bits per heavy atom. The molecule has 0 aromatic heterocycles. The van der Waals surface area contributed by atoms with Crippen LogP contribution in [0.1, 0.15) is 40.5 Å². The number of carbonyl (C=O) groups excluding carboxylic acids is 2. The Kier molecular flexibility index (Phi) is 9.28. The van der Waals surface area contributed by atoms with Gasteiger partial charge in [0.25, 0.3) is 0 Å². The molecule has 6 nitrogen and oxygen atoms in total. The molecule has 114 valence electrons. The Balaban J connectivity index is 4.70. The van der Waals surface area contributed by atoms with E-state index in [1.165, 1.54) is 13.0 Å². The highest BCUT2D eigenvalue weighted by Gasteiger charge is 2.19. The highest BCUT2D eigenvalue weighted by Crippen LogP contribution is 2.11. The van der Waals surface area contributed by atoms with Gasteiger partial charge in [-0.25, -0.2) is 9.59 Å². The van der Waals surface area contributed by atoms with Crippen molar-refractivity contribution in [1.29, 1.82) is 0 Å². The Labute approximate surface area is 119 Å². The molecule has 0 fully saturated rings. The van der Waals surface area contributed by atoms with Crippen LogP contribution in [0.2, 0.25) is 0 Å². The van der Waals surface area contributed by atoms with Crippen LogP contribution in [0, 0.1) is 5.92 Å². The minimum absolute atomic E-state index is 0.301. The summed E-state index contributed by atoms with van der Waals surface area (Å²) in [6.45, 7) is 6.92. The van der Waals surface area contributed by atoms with Crippen molar-refractivity contribution >= 4 is 17.7 Å². The SMILES string of the molecule is CCC/C(=N\OC(C)=O)[C@H](O)[C@H](C)/C=C/C(=O)OCC. The normalized spacial score (nSPS) is 14.9. The number of hydrogen-bond donors (Lipinski definition) is 1. The molecule has 0 unspecified atom stereocenters. The van der Waals surface area contributed by atoms with E-state index in [4.69, 9.17) is 4.74 Å². The minimum atomic E-state index is -0.917. The van der Waals surface area contributed by atoms with E-state index < -0.39 is 18.0 Å². The van der Waals surface area contributed by atoms with Gasteiger partial charge in [-0.3, -0.25) is 0 Å².